The van der Waals surface area contributed by atoms with Gasteiger partial charge in [-0.3, -0.25) is 14.5 Å². The number of hydrogen-bond donors (Lipinski definition) is 1. The minimum atomic E-state index is -0.736. The highest BCUT2D eigenvalue weighted by Gasteiger charge is 2.46. The molecule has 0 aliphatic carbocycles. The van der Waals surface area contributed by atoms with Crippen LogP contribution in [-0.2, 0) is 14.3 Å². The van der Waals surface area contributed by atoms with Crippen LogP contribution in [0.4, 0.5) is 0 Å². The van der Waals surface area contributed by atoms with Crippen LogP contribution in [0.3, 0.4) is 0 Å². The highest BCUT2D eigenvalue weighted by molar-refractivity contribution is 6.47. The average molecular weight is 427 g/mol. The van der Waals surface area contributed by atoms with Crippen molar-refractivity contribution >= 4 is 29.1 Å². The zero-order valence-corrected chi connectivity index (χ0v) is 17.2. The van der Waals surface area contributed by atoms with Gasteiger partial charge in [0.15, 0.2) is 0 Å². The second-order valence-corrected chi connectivity index (χ2v) is 7.74. The molecule has 1 N–H and O–H groups in total. The lowest BCUT2D eigenvalue weighted by atomic mass is 9.95. The number of rotatable bonds is 5. The summed E-state index contributed by atoms with van der Waals surface area (Å²) >= 11 is 6.45. The number of carbonyl (C=O) groups is 2. The zero-order chi connectivity index (χ0) is 21.1. The van der Waals surface area contributed by atoms with Crippen LogP contribution in [0.15, 0.2) is 60.2 Å². The van der Waals surface area contributed by atoms with E-state index in [1.54, 1.807) is 42.5 Å². The molecular weight excluding hydrogens is 404 g/mol. The molecule has 7 heteroatoms. The molecule has 0 bridgehead atoms. The topological polar surface area (TPSA) is 70.1 Å². The van der Waals surface area contributed by atoms with Gasteiger partial charge in [0.05, 0.1) is 24.8 Å². The molecule has 0 spiro atoms. The van der Waals surface area contributed by atoms with Crippen molar-refractivity contribution in [2.75, 3.05) is 39.4 Å². The molecule has 2 saturated heterocycles. The first-order chi connectivity index (χ1) is 14.6. The standard InChI is InChI=1S/C23H23ClN2O4/c24-18-9-5-4-8-17(18)20-19(21(27)16-6-2-1-3-7-16)22(28)23(29)26(20)11-10-25-12-14-30-15-13-25/h1-9,20,27H,10-15H2/t20-/m1/s1. The Kier molecular flexibility index (Phi) is 6.18. The van der Waals surface area contributed by atoms with Crippen LogP contribution < -0.4 is 0 Å². The molecule has 6 nitrogen and oxygen atoms in total. The van der Waals surface area contributed by atoms with Gasteiger partial charge in [0.2, 0.25) is 0 Å². The van der Waals surface area contributed by atoms with Gasteiger partial charge < -0.3 is 14.7 Å². The minimum Gasteiger partial charge on any atom is -0.507 e. The Morgan fingerprint density at radius 2 is 1.67 bits per heavy atom. The number of likely N-dealkylation sites (tertiary alicyclic amines) is 1. The lowest BCUT2D eigenvalue weighted by Crippen LogP contribution is -2.42. The monoisotopic (exact) mass is 426 g/mol. The van der Waals surface area contributed by atoms with E-state index in [2.05, 4.69) is 4.90 Å². The van der Waals surface area contributed by atoms with Gasteiger partial charge in [-0.05, 0) is 11.6 Å². The van der Waals surface area contributed by atoms with Crippen molar-refractivity contribution < 1.29 is 19.4 Å². The SMILES string of the molecule is O=C1C(=O)N(CCN2CCOCC2)[C@H](c2ccccc2Cl)C1=C(O)c1ccccc1. The summed E-state index contributed by atoms with van der Waals surface area (Å²) < 4.78 is 5.38. The van der Waals surface area contributed by atoms with E-state index in [9.17, 15) is 14.7 Å². The van der Waals surface area contributed by atoms with E-state index in [-0.39, 0.29) is 11.3 Å². The molecule has 156 valence electrons. The van der Waals surface area contributed by atoms with E-state index < -0.39 is 17.7 Å². The van der Waals surface area contributed by atoms with E-state index in [1.807, 2.05) is 12.1 Å². The van der Waals surface area contributed by atoms with E-state index in [0.717, 1.165) is 13.1 Å². The van der Waals surface area contributed by atoms with Crippen LogP contribution in [0.2, 0.25) is 5.02 Å². The van der Waals surface area contributed by atoms with Crippen LogP contribution in [-0.4, -0.2) is 66.0 Å². The molecule has 2 fully saturated rings. The Morgan fingerprint density at radius 3 is 2.37 bits per heavy atom. The summed E-state index contributed by atoms with van der Waals surface area (Å²) in [7, 11) is 0. The van der Waals surface area contributed by atoms with Gasteiger partial charge in [-0.25, -0.2) is 0 Å². The summed E-state index contributed by atoms with van der Waals surface area (Å²) in [4.78, 5) is 29.7. The summed E-state index contributed by atoms with van der Waals surface area (Å²) in [5.74, 6) is -1.50. The molecule has 2 heterocycles. The van der Waals surface area contributed by atoms with Crippen molar-refractivity contribution in [2.45, 2.75) is 6.04 Å². The van der Waals surface area contributed by atoms with E-state index in [0.29, 0.717) is 42.5 Å². The van der Waals surface area contributed by atoms with Crippen molar-refractivity contribution in [3.63, 3.8) is 0 Å². The molecule has 2 aliphatic heterocycles. The summed E-state index contributed by atoms with van der Waals surface area (Å²) in [6, 6.07) is 15.2. The largest absolute Gasteiger partial charge is 0.507 e. The Bertz CT molecular complexity index is 970. The number of aliphatic hydroxyl groups excluding tert-OH is 1. The third-order valence-electron chi connectivity index (χ3n) is 5.55. The van der Waals surface area contributed by atoms with Crippen LogP contribution >= 0.6 is 11.6 Å². The second-order valence-electron chi connectivity index (χ2n) is 7.33. The molecule has 1 amide bonds. The van der Waals surface area contributed by atoms with Gasteiger partial charge in [-0.15, -0.1) is 0 Å². The van der Waals surface area contributed by atoms with Crippen molar-refractivity contribution in [3.8, 4) is 0 Å². The van der Waals surface area contributed by atoms with Gasteiger partial charge in [0, 0.05) is 36.8 Å². The lowest BCUT2D eigenvalue weighted by molar-refractivity contribution is -0.140. The Hall–Kier alpha value is -2.67. The van der Waals surface area contributed by atoms with Crippen LogP contribution in [0, 0.1) is 0 Å². The van der Waals surface area contributed by atoms with Crippen molar-refractivity contribution in [1.29, 1.82) is 0 Å². The minimum absolute atomic E-state index is 0.0706. The van der Waals surface area contributed by atoms with Gasteiger partial charge >= 0.3 is 0 Å². The summed E-state index contributed by atoms with van der Waals surface area (Å²) in [5, 5.41) is 11.4. The van der Waals surface area contributed by atoms with Gasteiger partial charge in [0.1, 0.15) is 5.76 Å². The van der Waals surface area contributed by atoms with Crippen molar-refractivity contribution in [2.24, 2.45) is 0 Å². The Balaban J connectivity index is 1.74. The number of carbonyl (C=O) groups excluding carboxylic acids is 2. The molecule has 2 aromatic rings. The fraction of sp³-hybridized carbons (Fsp3) is 0.304. The number of morpholine rings is 1. The first-order valence-corrected chi connectivity index (χ1v) is 10.3. The summed E-state index contributed by atoms with van der Waals surface area (Å²) in [6.45, 7) is 3.84. The zero-order valence-electron chi connectivity index (χ0n) is 16.5. The predicted molar refractivity (Wildman–Crippen MR) is 114 cm³/mol. The van der Waals surface area contributed by atoms with Crippen LogP contribution in [0.5, 0.6) is 0 Å². The first kappa shape index (κ1) is 20.6. The number of ketones is 1. The molecular formula is C23H23ClN2O4. The number of halogens is 1. The van der Waals surface area contributed by atoms with E-state index in [4.69, 9.17) is 16.3 Å². The summed E-state index contributed by atoms with van der Waals surface area (Å²) in [6.07, 6.45) is 0. The fourth-order valence-electron chi connectivity index (χ4n) is 3.96. The van der Waals surface area contributed by atoms with Crippen molar-refractivity contribution in [3.05, 3.63) is 76.3 Å². The number of aliphatic hydroxyl groups is 1. The maximum atomic E-state index is 13.0. The van der Waals surface area contributed by atoms with Crippen LogP contribution in [0.25, 0.3) is 5.76 Å². The molecule has 30 heavy (non-hydrogen) atoms. The number of Topliss-reactive ketones (excluding diaryl/α,β-unsaturated/α-hetero) is 1. The third-order valence-corrected chi connectivity index (χ3v) is 5.89. The second kappa shape index (κ2) is 9.00. The van der Waals surface area contributed by atoms with Crippen molar-refractivity contribution in [1.82, 2.24) is 9.80 Å². The molecule has 2 aliphatic rings. The first-order valence-electron chi connectivity index (χ1n) is 9.96. The fourth-order valence-corrected chi connectivity index (χ4v) is 4.20. The van der Waals surface area contributed by atoms with Gasteiger partial charge in [0.25, 0.3) is 11.7 Å². The van der Waals surface area contributed by atoms with Gasteiger partial charge in [-0.1, -0.05) is 60.1 Å². The predicted octanol–water partition coefficient (Wildman–Crippen LogP) is 3.09. The van der Waals surface area contributed by atoms with Gasteiger partial charge in [-0.2, -0.15) is 0 Å². The van der Waals surface area contributed by atoms with E-state index >= 15 is 0 Å². The quantitative estimate of drug-likeness (QED) is 0.452. The van der Waals surface area contributed by atoms with E-state index in [1.165, 1.54) is 4.90 Å². The third kappa shape index (κ3) is 3.99. The number of hydrogen-bond acceptors (Lipinski definition) is 5. The maximum Gasteiger partial charge on any atom is 0.295 e. The highest BCUT2D eigenvalue weighted by Crippen LogP contribution is 2.41. The molecule has 0 unspecified atom stereocenters. The number of ether oxygens (including phenoxy) is 1. The van der Waals surface area contributed by atoms with Crippen LogP contribution in [0.1, 0.15) is 17.2 Å². The lowest BCUT2D eigenvalue weighted by Gasteiger charge is -2.31. The number of amides is 1. The highest BCUT2D eigenvalue weighted by atomic mass is 35.5. The normalized spacial score (nSPS) is 21.9. The molecule has 4 rings (SSSR count). The molecule has 1 atom stereocenters. The molecule has 0 radical (unpaired) electrons. The summed E-state index contributed by atoms with van der Waals surface area (Å²) in [5.41, 5.74) is 1.18. The number of benzene rings is 2. The Labute approximate surface area is 180 Å². The molecule has 0 saturated carbocycles. The molecule has 0 aromatic heterocycles. The molecule has 2 aromatic carbocycles. The average Bonchev–Trinajstić information content (AvgIpc) is 3.03. The Morgan fingerprint density at radius 1 is 1.00 bits per heavy atom. The maximum absolute atomic E-state index is 13.0. The smallest absolute Gasteiger partial charge is 0.295 e. The number of nitrogens with zero attached hydrogens (tertiary/aromatic N) is 2.